The lowest BCUT2D eigenvalue weighted by atomic mass is 10.3. The number of nitrogens with one attached hydrogen (secondary N) is 1. The Labute approximate surface area is 112 Å². The molecule has 0 aliphatic heterocycles. The molecule has 0 atom stereocenters. The number of aryl methyl sites for hydroxylation is 1. The van der Waals surface area contributed by atoms with E-state index in [1.165, 1.54) is 9.75 Å². The highest BCUT2D eigenvalue weighted by Crippen LogP contribution is 2.19. The van der Waals surface area contributed by atoms with E-state index >= 15 is 0 Å². The first-order valence-electron chi connectivity index (χ1n) is 6.11. The molecule has 0 amide bonds. The summed E-state index contributed by atoms with van der Waals surface area (Å²) in [5.74, 6) is 0.821. The van der Waals surface area contributed by atoms with Crippen molar-refractivity contribution in [1.82, 2.24) is 10.3 Å². The Morgan fingerprint density at radius 1 is 1.22 bits per heavy atom. The first-order valence-corrected chi connectivity index (χ1v) is 6.93. The maximum atomic E-state index is 5.71. The van der Waals surface area contributed by atoms with E-state index in [1.54, 1.807) is 6.20 Å². The van der Waals surface area contributed by atoms with Gasteiger partial charge in [-0.2, -0.15) is 0 Å². The largest absolute Gasteiger partial charge is 0.486 e. The van der Waals surface area contributed by atoms with E-state index in [0.29, 0.717) is 6.61 Å². The van der Waals surface area contributed by atoms with E-state index in [4.69, 9.17) is 4.74 Å². The summed E-state index contributed by atoms with van der Waals surface area (Å²) in [6, 6.07) is 8.25. The molecule has 0 fully saturated rings. The highest BCUT2D eigenvalue weighted by molar-refractivity contribution is 7.11. The molecule has 0 aromatic carbocycles. The molecule has 18 heavy (non-hydrogen) atoms. The zero-order chi connectivity index (χ0) is 12.8. The second kappa shape index (κ2) is 6.52. The van der Waals surface area contributed by atoms with E-state index < -0.39 is 0 Å². The van der Waals surface area contributed by atoms with Crippen LogP contribution in [-0.4, -0.2) is 12.0 Å². The molecule has 0 radical (unpaired) electrons. The fraction of sp³-hybridized carbons (Fsp3) is 0.357. The van der Waals surface area contributed by atoms with Gasteiger partial charge in [0.05, 0.1) is 11.9 Å². The molecule has 0 spiro atoms. The van der Waals surface area contributed by atoms with E-state index in [2.05, 4.69) is 29.4 Å². The monoisotopic (exact) mass is 262 g/mol. The van der Waals surface area contributed by atoms with Gasteiger partial charge in [-0.3, -0.25) is 4.98 Å². The molecule has 96 valence electrons. The van der Waals surface area contributed by atoms with Crippen molar-refractivity contribution >= 4 is 11.3 Å². The lowest BCUT2D eigenvalue weighted by molar-refractivity contribution is 0.308. The van der Waals surface area contributed by atoms with Crippen molar-refractivity contribution in [2.75, 3.05) is 7.05 Å². The van der Waals surface area contributed by atoms with Gasteiger partial charge in [0.2, 0.25) is 0 Å². The first kappa shape index (κ1) is 13.1. The minimum Gasteiger partial charge on any atom is -0.486 e. The topological polar surface area (TPSA) is 34.1 Å². The van der Waals surface area contributed by atoms with Crippen molar-refractivity contribution in [1.29, 1.82) is 0 Å². The van der Waals surface area contributed by atoms with Crippen LogP contribution in [0.5, 0.6) is 5.75 Å². The van der Waals surface area contributed by atoms with Crippen molar-refractivity contribution in [3.8, 4) is 5.75 Å². The molecule has 1 N–H and O–H groups in total. The summed E-state index contributed by atoms with van der Waals surface area (Å²) in [6.45, 7) is 3.57. The zero-order valence-corrected chi connectivity index (χ0v) is 11.6. The third-order valence-corrected chi connectivity index (χ3v) is 3.81. The van der Waals surface area contributed by atoms with E-state index in [0.717, 1.165) is 24.4 Å². The SMILES string of the molecule is CCc1ccc(COc2ccc(CNC)nc2)s1. The van der Waals surface area contributed by atoms with Gasteiger partial charge in [-0.25, -0.2) is 0 Å². The summed E-state index contributed by atoms with van der Waals surface area (Å²) in [4.78, 5) is 6.97. The number of pyridine rings is 1. The van der Waals surface area contributed by atoms with Gasteiger partial charge in [-0.1, -0.05) is 6.92 Å². The highest BCUT2D eigenvalue weighted by atomic mass is 32.1. The van der Waals surface area contributed by atoms with Crippen LogP contribution in [0, 0.1) is 0 Å². The van der Waals surface area contributed by atoms with Gasteiger partial charge >= 0.3 is 0 Å². The number of thiophene rings is 1. The number of hydrogen-bond donors (Lipinski definition) is 1. The molecular formula is C14H18N2OS. The molecule has 0 unspecified atom stereocenters. The number of ether oxygens (including phenoxy) is 1. The second-order valence-electron chi connectivity index (χ2n) is 4.03. The van der Waals surface area contributed by atoms with Crippen molar-refractivity contribution in [2.45, 2.75) is 26.5 Å². The van der Waals surface area contributed by atoms with Crippen molar-refractivity contribution in [3.63, 3.8) is 0 Å². The van der Waals surface area contributed by atoms with Crippen LogP contribution >= 0.6 is 11.3 Å². The Bertz CT molecular complexity index is 479. The Balaban J connectivity index is 1.89. The molecule has 0 bridgehead atoms. The highest BCUT2D eigenvalue weighted by Gasteiger charge is 2.01. The third kappa shape index (κ3) is 3.55. The second-order valence-corrected chi connectivity index (χ2v) is 5.28. The quantitative estimate of drug-likeness (QED) is 0.869. The number of aromatic nitrogens is 1. The lowest BCUT2D eigenvalue weighted by Gasteiger charge is -2.05. The number of rotatable bonds is 6. The van der Waals surface area contributed by atoms with E-state index in [9.17, 15) is 0 Å². The summed E-state index contributed by atoms with van der Waals surface area (Å²) in [6.07, 6.45) is 2.87. The van der Waals surface area contributed by atoms with Crippen LogP contribution in [0.15, 0.2) is 30.5 Å². The van der Waals surface area contributed by atoms with Gasteiger partial charge in [-0.15, -0.1) is 11.3 Å². The van der Waals surface area contributed by atoms with Crippen LogP contribution in [-0.2, 0) is 19.6 Å². The summed E-state index contributed by atoms with van der Waals surface area (Å²) in [7, 11) is 1.91. The summed E-state index contributed by atoms with van der Waals surface area (Å²) in [5, 5.41) is 3.07. The molecule has 4 heteroatoms. The Kier molecular flexibility index (Phi) is 4.73. The molecule has 0 aliphatic rings. The maximum absolute atomic E-state index is 5.71. The lowest BCUT2D eigenvalue weighted by Crippen LogP contribution is -2.06. The van der Waals surface area contributed by atoms with Crippen molar-refractivity contribution in [3.05, 3.63) is 45.9 Å². The van der Waals surface area contributed by atoms with Gasteiger partial charge < -0.3 is 10.1 Å². The molecule has 2 aromatic heterocycles. The first-order chi connectivity index (χ1) is 8.81. The fourth-order valence-electron chi connectivity index (χ4n) is 1.63. The molecular weight excluding hydrogens is 244 g/mol. The minimum absolute atomic E-state index is 0.623. The normalized spacial score (nSPS) is 10.6. The Hall–Kier alpha value is -1.39. The molecule has 2 heterocycles. The molecule has 2 aromatic rings. The smallest absolute Gasteiger partial charge is 0.138 e. The van der Waals surface area contributed by atoms with Crippen molar-refractivity contribution in [2.24, 2.45) is 0 Å². The average Bonchev–Trinajstić information content (AvgIpc) is 2.86. The Morgan fingerprint density at radius 3 is 2.67 bits per heavy atom. The van der Waals surface area contributed by atoms with Crippen LogP contribution in [0.2, 0.25) is 0 Å². The summed E-state index contributed by atoms with van der Waals surface area (Å²) >= 11 is 1.81. The van der Waals surface area contributed by atoms with Gasteiger partial charge in [0.15, 0.2) is 0 Å². The van der Waals surface area contributed by atoms with Gasteiger partial charge in [0, 0.05) is 16.3 Å². The zero-order valence-electron chi connectivity index (χ0n) is 10.8. The number of nitrogens with zero attached hydrogens (tertiary/aromatic N) is 1. The van der Waals surface area contributed by atoms with Crippen LogP contribution < -0.4 is 10.1 Å². The predicted molar refractivity (Wildman–Crippen MR) is 75.0 cm³/mol. The summed E-state index contributed by atoms with van der Waals surface area (Å²) in [5.41, 5.74) is 1.02. The summed E-state index contributed by atoms with van der Waals surface area (Å²) < 4.78 is 5.71. The Morgan fingerprint density at radius 2 is 2.06 bits per heavy atom. The third-order valence-electron chi connectivity index (χ3n) is 2.60. The predicted octanol–water partition coefficient (Wildman–Crippen LogP) is 3.00. The average molecular weight is 262 g/mol. The van der Waals surface area contributed by atoms with Crippen LogP contribution in [0.3, 0.4) is 0 Å². The van der Waals surface area contributed by atoms with Crippen LogP contribution in [0.25, 0.3) is 0 Å². The van der Waals surface area contributed by atoms with Crippen molar-refractivity contribution < 1.29 is 4.74 Å². The number of hydrogen-bond acceptors (Lipinski definition) is 4. The minimum atomic E-state index is 0.623. The fourth-order valence-corrected chi connectivity index (χ4v) is 2.50. The van der Waals surface area contributed by atoms with Gasteiger partial charge in [0.25, 0.3) is 0 Å². The molecule has 0 saturated carbocycles. The molecule has 3 nitrogen and oxygen atoms in total. The maximum Gasteiger partial charge on any atom is 0.138 e. The standard InChI is InChI=1S/C14H18N2OS/c1-3-13-6-7-14(18-13)10-17-12-5-4-11(8-15-2)16-9-12/h4-7,9,15H,3,8,10H2,1-2H3. The van der Waals surface area contributed by atoms with E-state index in [-0.39, 0.29) is 0 Å². The molecule has 0 aliphatic carbocycles. The van der Waals surface area contributed by atoms with Gasteiger partial charge in [0.1, 0.15) is 12.4 Å². The molecule has 0 saturated heterocycles. The van der Waals surface area contributed by atoms with Crippen LogP contribution in [0.4, 0.5) is 0 Å². The van der Waals surface area contributed by atoms with E-state index in [1.807, 2.05) is 30.5 Å². The molecule has 2 rings (SSSR count). The van der Waals surface area contributed by atoms with Crippen LogP contribution in [0.1, 0.15) is 22.4 Å². The van der Waals surface area contributed by atoms with Gasteiger partial charge in [-0.05, 0) is 37.7 Å².